The van der Waals surface area contributed by atoms with Crippen LogP contribution in [-0.4, -0.2) is 55.8 Å². The minimum atomic E-state index is -3.55. The van der Waals surface area contributed by atoms with E-state index in [0.717, 1.165) is 5.69 Å². The van der Waals surface area contributed by atoms with Gasteiger partial charge in [0.2, 0.25) is 15.9 Å². The molecule has 0 saturated carbocycles. The molecule has 27 heavy (non-hydrogen) atoms. The van der Waals surface area contributed by atoms with Crippen molar-refractivity contribution in [3.05, 3.63) is 59.6 Å². The Hall–Kier alpha value is -1.93. The molecule has 2 aromatic rings. The summed E-state index contributed by atoms with van der Waals surface area (Å²) in [5.74, 6) is -0.102. The van der Waals surface area contributed by atoms with Crippen molar-refractivity contribution in [1.29, 1.82) is 0 Å². The van der Waals surface area contributed by atoms with Crippen molar-refractivity contribution in [3.8, 4) is 0 Å². The Balaban J connectivity index is 1.59. The molecule has 1 aliphatic heterocycles. The summed E-state index contributed by atoms with van der Waals surface area (Å²) in [4.78, 5) is 14.7. The van der Waals surface area contributed by atoms with Gasteiger partial charge in [0.25, 0.3) is 0 Å². The molecule has 0 aromatic heterocycles. The number of amides is 1. The standard InChI is InChI=1S/C19H22ClN3O3S/c1-15(19(24)21-17-5-3-2-4-6-17)22-11-13-23(14-12-22)27(25,26)18-9-7-16(20)8-10-18/h2-10,15H,11-14H2,1H3,(H,21,24). The number of benzene rings is 2. The molecule has 1 saturated heterocycles. The fourth-order valence-electron chi connectivity index (χ4n) is 3.02. The summed E-state index contributed by atoms with van der Waals surface area (Å²) in [6.45, 7) is 3.51. The number of hydrogen-bond donors (Lipinski definition) is 1. The highest BCUT2D eigenvalue weighted by molar-refractivity contribution is 7.89. The fraction of sp³-hybridized carbons (Fsp3) is 0.316. The third-order valence-electron chi connectivity index (χ3n) is 4.69. The number of carbonyl (C=O) groups excluding carboxylic acids is 1. The second kappa shape index (κ2) is 8.39. The molecule has 1 atom stereocenters. The first-order chi connectivity index (χ1) is 12.9. The molecule has 0 aliphatic carbocycles. The van der Waals surface area contributed by atoms with Gasteiger partial charge in [-0.15, -0.1) is 0 Å². The van der Waals surface area contributed by atoms with Gasteiger partial charge in [0, 0.05) is 36.9 Å². The van der Waals surface area contributed by atoms with E-state index in [1.54, 1.807) is 12.1 Å². The molecule has 1 unspecified atom stereocenters. The summed E-state index contributed by atoms with van der Waals surface area (Å²) in [6, 6.07) is 15.1. The highest BCUT2D eigenvalue weighted by Crippen LogP contribution is 2.20. The Bertz CT molecular complexity index is 880. The predicted octanol–water partition coefficient (Wildman–Crippen LogP) is 2.67. The van der Waals surface area contributed by atoms with E-state index in [1.165, 1.54) is 16.4 Å². The molecular weight excluding hydrogens is 386 g/mol. The van der Waals surface area contributed by atoms with Crippen molar-refractivity contribution in [2.75, 3.05) is 31.5 Å². The van der Waals surface area contributed by atoms with Crippen molar-refractivity contribution < 1.29 is 13.2 Å². The lowest BCUT2D eigenvalue weighted by molar-refractivity contribution is -0.121. The lowest BCUT2D eigenvalue weighted by Gasteiger charge is -2.36. The predicted molar refractivity (Wildman–Crippen MR) is 106 cm³/mol. The van der Waals surface area contributed by atoms with Crippen LogP contribution < -0.4 is 5.32 Å². The summed E-state index contributed by atoms with van der Waals surface area (Å²) < 4.78 is 26.9. The average molecular weight is 408 g/mol. The van der Waals surface area contributed by atoms with Crippen molar-refractivity contribution in [1.82, 2.24) is 9.21 Å². The van der Waals surface area contributed by atoms with Gasteiger partial charge in [-0.2, -0.15) is 4.31 Å². The van der Waals surface area contributed by atoms with E-state index in [9.17, 15) is 13.2 Å². The van der Waals surface area contributed by atoms with Crippen molar-refractivity contribution >= 4 is 33.2 Å². The fourth-order valence-corrected chi connectivity index (χ4v) is 4.57. The maximum atomic E-state index is 12.7. The van der Waals surface area contributed by atoms with Gasteiger partial charge >= 0.3 is 0 Å². The topological polar surface area (TPSA) is 69.7 Å². The van der Waals surface area contributed by atoms with Crippen LogP contribution in [0.1, 0.15) is 6.92 Å². The SMILES string of the molecule is CC(C(=O)Nc1ccccc1)N1CCN(S(=O)(=O)c2ccc(Cl)cc2)CC1. The third kappa shape index (κ3) is 4.68. The number of sulfonamides is 1. The largest absolute Gasteiger partial charge is 0.325 e. The maximum Gasteiger partial charge on any atom is 0.243 e. The molecule has 1 fully saturated rings. The van der Waals surface area contributed by atoms with Crippen LogP contribution in [0.4, 0.5) is 5.69 Å². The van der Waals surface area contributed by atoms with Crippen LogP contribution in [0.15, 0.2) is 59.5 Å². The number of para-hydroxylation sites is 1. The molecule has 8 heteroatoms. The van der Waals surface area contributed by atoms with Crippen LogP contribution in [0.2, 0.25) is 5.02 Å². The lowest BCUT2D eigenvalue weighted by atomic mass is 10.2. The smallest absolute Gasteiger partial charge is 0.243 e. The minimum absolute atomic E-state index is 0.102. The highest BCUT2D eigenvalue weighted by Gasteiger charge is 2.31. The second-order valence-electron chi connectivity index (χ2n) is 6.43. The van der Waals surface area contributed by atoms with Gasteiger partial charge < -0.3 is 5.32 Å². The molecule has 2 aromatic carbocycles. The van der Waals surface area contributed by atoms with E-state index < -0.39 is 10.0 Å². The van der Waals surface area contributed by atoms with Crippen LogP contribution >= 0.6 is 11.6 Å². The first kappa shape index (κ1) is 19.8. The van der Waals surface area contributed by atoms with Crippen LogP contribution in [0.5, 0.6) is 0 Å². The van der Waals surface area contributed by atoms with E-state index in [-0.39, 0.29) is 16.8 Å². The van der Waals surface area contributed by atoms with Gasteiger partial charge in [-0.3, -0.25) is 9.69 Å². The van der Waals surface area contributed by atoms with Gasteiger partial charge in [0.1, 0.15) is 0 Å². The van der Waals surface area contributed by atoms with Gasteiger partial charge in [-0.1, -0.05) is 29.8 Å². The number of rotatable bonds is 5. The highest BCUT2D eigenvalue weighted by atomic mass is 35.5. The normalized spacial score (nSPS) is 17.4. The average Bonchev–Trinajstić information content (AvgIpc) is 2.68. The molecular formula is C19H22ClN3O3S. The summed E-state index contributed by atoms with van der Waals surface area (Å²) in [6.07, 6.45) is 0. The van der Waals surface area contributed by atoms with Crippen LogP contribution in [0.3, 0.4) is 0 Å². The van der Waals surface area contributed by atoms with E-state index >= 15 is 0 Å². The number of anilines is 1. The molecule has 6 nitrogen and oxygen atoms in total. The van der Waals surface area contributed by atoms with Crippen LogP contribution in [-0.2, 0) is 14.8 Å². The van der Waals surface area contributed by atoms with E-state index in [2.05, 4.69) is 5.32 Å². The molecule has 0 radical (unpaired) electrons. The first-order valence-electron chi connectivity index (χ1n) is 8.73. The van der Waals surface area contributed by atoms with Crippen LogP contribution in [0.25, 0.3) is 0 Å². The summed E-state index contributed by atoms with van der Waals surface area (Å²) in [5.41, 5.74) is 0.748. The Morgan fingerprint density at radius 3 is 2.19 bits per heavy atom. The number of nitrogens with one attached hydrogen (secondary N) is 1. The van der Waals surface area contributed by atoms with Crippen molar-refractivity contribution in [2.45, 2.75) is 17.9 Å². The molecule has 0 spiro atoms. The molecule has 1 amide bonds. The number of halogens is 1. The molecule has 3 rings (SSSR count). The number of hydrogen-bond acceptors (Lipinski definition) is 4. The minimum Gasteiger partial charge on any atom is -0.325 e. The van der Waals surface area contributed by atoms with Crippen LogP contribution in [0, 0.1) is 0 Å². The Labute approximate surface area is 164 Å². The summed E-state index contributed by atoms with van der Waals surface area (Å²) in [7, 11) is -3.55. The monoisotopic (exact) mass is 407 g/mol. The Morgan fingerprint density at radius 1 is 1.00 bits per heavy atom. The van der Waals surface area contributed by atoms with Gasteiger partial charge in [-0.25, -0.2) is 8.42 Å². The zero-order valence-corrected chi connectivity index (χ0v) is 16.6. The zero-order chi connectivity index (χ0) is 19.4. The third-order valence-corrected chi connectivity index (χ3v) is 6.86. The molecule has 1 N–H and O–H groups in total. The number of piperazine rings is 1. The molecule has 144 valence electrons. The number of carbonyl (C=O) groups is 1. The van der Waals surface area contributed by atoms with E-state index in [0.29, 0.717) is 31.2 Å². The summed E-state index contributed by atoms with van der Waals surface area (Å²) >= 11 is 5.84. The van der Waals surface area contributed by atoms with Crippen molar-refractivity contribution in [2.24, 2.45) is 0 Å². The van der Waals surface area contributed by atoms with Gasteiger partial charge in [-0.05, 0) is 43.3 Å². The lowest BCUT2D eigenvalue weighted by Crippen LogP contribution is -2.53. The Morgan fingerprint density at radius 2 is 1.59 bits per heavy atom. The molecule has 0 bridgehead atoms. The quantitative estimate of drug-likeness (QED) is 0.827. The Kier molecular flexibility index (Phi) is 6.16. The molecule has 1 heterocycles. The van der Waals surface area contributed by atoms with Crippen molar-refractivity contribution in [3.63, 3.8) is 0 Å². The number of nitrogens with zero attached hydrogens (tertiary/aromatic N) is 2. The molecule has 1 aliphatic rings. The van der Waals surface area contributed by atoms with Gasteiger partial charge in [0.15, 0.2) is 0 Å². The maximum absolute atomic E-state index is 12.7. The van der Waals surface area contributed by atoms with Gasteiger partial charge in [0.05, 0.1) is 10.9 Å². The summed E-state index contributed by atoms with van der Waals surface area (Å²) in [5, 5.41) is 3.38. The zero-order valence-electron chi connectivity index (χ0n) is 15.0. The van der Waals surface area contributed by atoms with E-state index in [4.69, 9.17) is 11.6 Å². The van der Waals surface area contributed by atoms with E-state index in [1.807, 2.05) is 42.2 Å². The second-order valence-corrected chi connectivity index (χ2v) is 8.80. The first-order valence-corrected chi connectivity index (χ1v) is 10.6.